The van der Waals surface area contributed by atoms with E-state index in [2.05, 4.69) is 35.3 Å². The first kappa shape index (κ1) is 17.2. The Bertz CT molecular complexity index is 722. The number of carbonyl (C=O) groups excluding carboxylic acids is 1. The van der Waals surface area contributed by atoms with E-state index in [-0.39, 0.29) is 5.91 Å². The predicted octanol–water partition coefficient (Wildman–Crippen LogP) is 4.35. The molecule has 2 aromatic carbocycles. The fraction of sp³-hybridized carbons (Fsp3) is 0.316. The predicted molar refractivity (Wildman–Crippen MR) is 102 cm³/mol. The molecule has 3 nitrogen and oxygen atoms in total. The topological polar surface area (TPSA) is 32.3 Å². The van der Waals surface area contributed by atoms with E-state index in [1.165, 1.54) is 4.90 Å². The molecule has 0 bridgehead atoms. The second-order valence-electron chi connectivity index (χ2n) is 5.90. The molecule has 3 rings (SSSR count). The van der Waals surface area contributed by atoms with Gasteiger partial charge in [0.25, 0.3) is 0 Å². The van der Waals surface area contributed by atoms with Crippen LogP contribution in [0.2, 0.25) is 5.02 Å². The molecule has 5 heteroatoms. The van der Waals surface area contributed by atoms with Crippen LogP contribution >= 0.6 is 23.4 Å². The fourth-order valence-corrected chi connectivity index (χ4v) is 4.29. The first-order chi connectivity index (χ1) is 11.7. The Morgan fingerprint density at radius 1 is 1.29 bits per heavy atom. The van der Waals surface area contributed by atoms with Crippen LogP contribution in [-0.2, 0) is 11.3 Å². The maximum absolute atomic E-state index is 12.4. The van der Waals surface area contributed by atoms with Crippen molar-refractivity contribution in [3.8, 4) is 0 Å². The van der Waals surface area contributed by atoms with E-state index in [0.717, 1.165) is 24.2 Å². The number of amides is 1. The van der Waals surface area contributed by atoms with Crippen LogP contribution in [0.25, 0.3) is 0 Å². The van der Waals surface area contributed by atoms with Crippen molar-refractivity contribution in [3.05, 3.63) is 59.1 Å². The molecule has 1 aliphatic heterocycles. The van der Waals surface area contributed by atoms with Crippen LogP contribution in [0.5, 0.6) is 0 Å². The van der Waals surface area contributed by atoms with Crippen molar-refractivity contribution in [1.82, 2.24) is 5.32 Å². The number of thioether (sulfide) groups is 1. The number of anilines is 1. The Kier molecular flexibility index (Phi) is 5.69. The Balaban J connectivity index is 1.63. The minimum atomic E-state index is 0.0338. The van der Waals surface area contributed by atoms with Gasteiger partial charge in [-0.15, -0.1) is 11.8 Å². The molecule has 0 aromatic heterocycles. The van der Waals surface area contributed by atoms with Crippen molar-refractivity contribution < 1.29 is 4.79 Å². The zero-order valence-corrected chi connectivity index (χ0v) is 15.2. The summed E-state index contributed by atoms with van der Waals surface area (Å²) in [6.07, 6.45) is 1.10. The Morgan fingerprint density at radius 2 is 2.12 bits per heavy atom. The van der Waals surface area contributed by atoms with Gasteiger partial charge in [-0.2, -0.15) is 0 Å². The van der Waals surface area contributed by atoms with E-state index in [0.29, 0.717) is 23.4 Å². The summed E-state index contributed by atoms with van der Waals surface area (Å²) in [5.74, 6) is 0.0338. The SMILES string of the molecule is CC[C@H]1CN(CC(=O)NCc2cccc(Cl)c2)c2ccccc2S1. The molecular weight excluding hydrogens is 340 g/mol. The van der Waals surface area contributed by atoms with Gasteiger partial charge >= 0.3 is 0 Å². The maximum atomic E-state index is 12.4. The van der Waals surface area contributed by atoms with Crippen LogP contribution in [0.3, 0.4) is 0 Å². The molecule has 0 radical (unpaired) electrons. The molecule has 1 aliphatic rings. The Hall–Kier alpha value is -1.65. The average Bonchev–Trinajstić information content (AvgIpc) is 2.60. The second kappa shape index (κ2) is 7.95. The van der Waals surface area contributed by atoms with Gasteiger partial charge in [0.2, 0.25) is 5.91 Å². The van der Waals surface area contributed by atoms with Gasteiger partial charge in [-0.1, -0.05) is 42.8 Å². The smallest absolute Gasteiger partial charge is 0.239 e. The number of hydrogen-bond acceptors (Lipinski definition) is 3. The number of carbonyl (C=O) groups is 1. The summed E-state index contributed by atoms with van der Waals surface area (Å²) in [5.41, 5.74) is 2.17. The number of fused-ring (bicyclic) bond motifs is 1. The van der Waals surface area contributed by atoms with Crippen molar-refractivity contribution in [3.63, 3.8) is 0 Å². The van der Waals surface area contributed by atoms with E-state index >= 15 is 0 Å². The molecule has 1 amide bonds. The van der Waals surface area contributed by atoms with Gasteiger partial charge in [-0.05, 0) is 36.2 Å². The van der Waals surface area contributed by atoms with Gasteiger partial charge in [-0.3, -0.25) is 4.79 Å². The molecular formula is C19H21ClN2OS. The minimum absolute atomic E-state index is 0.0338. The van der Waals surface area contributed by atoms with Gasteiger partial charge in [0, 0.05) is 28.3 Å². The number of para-hydroxylation sites is 1. The normalized spacial score (nSPS) is 16.6. The summed E-state index contributed by atoms with van der Waals surface area (Å²) in [6.45, 7) is 3.99. The Labute approximate surface area is 152 Å². The monoisotopic (exact) mass is 360 g/mol. The molecule has 126 valence electrons. The van der Waals surface area contributed by atoms with Crippen LogP contribution in [0.15, 0.2) is 53.4 Å². The van der Waals surface area contributed by atoms with Gasteiger partial charge in [0.05, 0.1) is 12.2 Å². The van der Waals surface area contributed by atoms with Crippen molar-refractivity contribution in [2.45, 2.75) is 30.0 Å². The molecule has 0 aliphatic carbocycles. The zero-order valence-electron chi connectivity index (χ0n) is 13.7. The quantitative estimate of drug-likeness (QED) is 0.860. The Morgan fingerprint density at radius 3 is 2.92 bits per heavy atom. The van der Waals surface area contributed by atoms with E-state index in [4.69, 9.17) is 11.6 Å². The number of nitrogens with zero attached hydrogens (tertiary/aromatic N) is 1. The number of halogens is 1. The molecule has 1 N–H and O–H groups in total. The molecule has 0 fully saturated rings. The molecule has 0 saturated carbocycles. The largest absolute Gasteiger partial charge is 0.360 e. The highest BCUT2D eigenvalue weighted by molar-refractivity contribution is 8.00. The van der Waals surface area contributed by atoms with Crippen LogP contribution < -0.4 is 10.2 Å². The average molecular weight is 361 g/mol. The van der Waals surface area contributed by atoms with Crippen molar-refractivity contribution >= 4 is 35.0 Å². The third kappa shape index (κ3) is 4.25. The molecule has 0 unspecified atom stereocenters. The number of nitrogens with one attached hydrogen (secondary N) is 1. The molecule has 1 heterocycles. The van der Waals surface area contributed by atoms with E-state index in [1.54, 1.807) is 0 Å². The molecule has 1 atom stereocenters. The van der Waals surface area contributed by atoms with Crippen LogP contribution in [0.4, 0.5) is 5.69 Å². The van der Waals surface area contributed by atoms with E-state index in [1.807, 2.05) is 42.1 Å². The molecule has 0 spiro atoms. The van der Waals surface area contributed by atoms with E-state index in [9.17, 15) is 4.79 Å². The summed E-state index contributed by atoms with van der Waals surface area (Å²) >= 11 is 7.89. The van der Waals surface area contributed by atoms with Gasteiger partial charge in [-0.25, -0.2) is 0 Å². The maximum Gasteiger partial charge on any atom is 0.239 e. The molecule has 2 aromatic rings. The third-order valence-electron chi connectivity index (χ3n) is 4.09. The van der Waals surface area contributed by atoms with Crippen LogP contribution in [0, 0.1) is 0 Å². The zero-order chi connectivity index (χ0) is 16.9. The molecule has 24 heavy (non-hydrogen) atoms. The number of benzene rings is 2. The summed E-state index contributed by atoms with van der Waals surface area (Å²) < 4.78 is 0. The van der Waals surface area contributed by atoms with Crippen molar-refractivity contribution in [2.75, 3.05) is 18.0 Å². The first-order valence-corrected chi connectivity index (χ1v) is 9.43. The summed E-state index contributed by atoms with van der Waals surface area (Å²) in [6, 6.07) is 15.9. The van der Waals surface area contributed by atoms with Crippen LogP contribution in [0.1, 0.15) is 18.9 Å². The second-order valence-corrected chi connectivity index (χ2v) is 7.68. The summed E-state index contributed by atoms with van der Waals surface area (Å²) in [5, 5.41) is 4.21. The molecule has 0 saturated heterocycles. The summed E-state index contributed by atoms with van der Waals surface area (Å²) in [7, 11) is 0. The lowest BCUT2D eigenvalue weighted by Gasteiger charge is -2.34. The van der Waals surface area contributed by atoms with Gasteiger partial charge in [0.15, 0.2) is 0 Å². The third-order valence-corrected chi connectivity index (χ3v) is 5.74. The highest BCUT2D eigenvalue weighted by atomic mass is 35.5. The van der Waals surface area contributed by atoms with Gasteiger partial charge in [0.1, 0.15) is 0 Å². The number of hydrogen-bond donors (Lipinski definition) is 1. The highest BCUT2D eigenvalue weighted by Crippen LogP contribution is 2.39. The minimum Gasteiger partial charge on any atom is -0.360 e. The standard InChI is InChI=1S/C19H21ClN2OS/c1-2-16-12-22(17-8-3-4-9-18(17)24-16)13-19(23)21-11-14-6-5-7-15(20)10-14/h3-10,16H,2,11-13H2,1H3,(H,21,23)/t16-/m0/s1. The summed E-state index contributed by atoms with van der Waals surface area (Å²) in [4.78, 5) is 15.8. The first-order valence-electron chi connectivity index (χ1n) is 8.17. The van der Waals surface area contributed by atoms with Gasteiger partial charge < -0.3 is 10.2 Å². The lowest BCUT2D eigenvalue weighted by Crippen LogP contribution is -2.42. The fourth-order valence-electron chi connectivity index (χ4n) is 2.82. The van der Waals surface area contributed by atoms with Crippen molar-refractivity contribution in [2.24, 2.45) is 0 Å². The highest BCUT2D eigenvalue weighted by Gasteiger charge is 2.25. The lowest BCUT2D eigenvalue weighted by atomic mass is 10.2. The van der Waals surface area contributed by atoms with Crippen LogP contribution in [-0.4, -0.2) is 24.2 Å². The van der Waals surface area contributed by atoms with Crippen molar-refractivity contribution in [1.29, 1.82) is 0 Å². The number of rotatable bonds is 5. The van der Waals surface area contributed by atoms with E-state index < -0.39 is 0 Å². The lowest BCUT2D eigenvalue weighted by molar-refractivity contribution is -0.119.